The van der Waals surface area contributed by atoms with Crippen LogP contribution in [0.25, 0.3) is 0 Å². The smallest absolute Gasteiger partial charge is 0.193 e. The SMILES string of the molecule is NC(=NC1CC1)Nc1c(F)cccc1F. The molecule has 0 atom stereocenters. The monoisotopic (exact) mass is 211 g/mol. The minimum absolute atomic E-state index is 0.0569. The van der Waals surface area contributed by atoms with Crippen LogP contribution in [0.2, 0.25) is 0 Å². The summed E-state index contributed by atoms with van der Waals surface area (Å²) in [7, 11) is 0. The van der Waals surface area contributed by atoms with Crippen LogP contribution >= 0.6 is 0 Å². The van der Waals surface area contributed by atoms with E-state index in [4.69, 9.17) is 5.73 Å². The van der Waals surface area contributed by atoms with Crippen molar-refractivity contribution >= 4 is 11.6 Å². The summed E-state index contributed by atoms with van der Waals surface area (Å²) in [4.78, 5) is 4.02. The van der Waals surface area contributed by atoms with Crippen LogP contribution in [0.3, 0.4) is 0 Å². The van der Waals surface area contributed by atoms with Crippen molar-refractivity contribution in [2.45, 2.75) is 18.9 Å². The number of para-hydroxylation sites is 1. The van der Waals surface area contributed by atoms with E-state index in [0.717, 1.165) is 25.0 Å². The Bertz CT molecular complexity index is 379. The molecule has 1 aliphatic rings. The van der Waals surface area contributed by atoms with Gasteiger partial charge in [-0.3, -0.25) is 0 Å². The van der Waals surface area contributed by atoms with Crippen LogP contribution < -0.4 is 11.1 Å². The fraction of sp³-hybridized carbons (Fsp3) is 0.300. The Balaban J connectivity index is 2.15. The Morgan fingerprint density at radius 2 is 1.93 bits per heavy atom. The van der Waals surface area contributed by atoms with E-state index >= 15 is 0 Å². The lowest BCUT2D eigenvalue weighted by Crippen LogP contribution is -2.24. The number of anilines is 1. The number of hydrogen-bond acceptors (Lipinski definition) is 1. The molecule has 0 spiro atoms. The Morgan fingerprint density at radius 1 is 1.33 bits per heavy atom. The summed E-state index contributed by atoms with van der Waals surface area (Å²) < 4.78 is 26.3. The standard InChI is InChI=1S/C10H11F2N3/c11-7-2-1-3-8(12)9(7)15-10(13)14-6-4-5-6/h1-3,6H,4-5H2,(H3,13,14,15). The molecule has 3 nitrogen and oxygen atoms in total. The highest BCUT2D eigenvalue weighted by Crippen LogP contribution is 2.24. The number of hydrogen-bond donors (Lipinski definition) is 2. The number of nitrogens with zero attached hydrogens (tertiary/aromatic N) is 1. The number of aliphatic imine (C=N–C) groups is 1. The molecule has 1 aromatic carbocycles. The second-order valence-corrected chi connectivity index (χ2v) is 3.47. The zero-order valence-corrected chi connectivity index (χ0v) is 8.00. The second kappa shape index (κ2) is 3.84. The predicted octanol–water partition coefficient (Wildman–Crippen LogP) is 1.85. The van der Waals surface area contributed by atoms with Crippen LogP contribution in [0.15, 0.2) is 23.2 Å². The highest BCUT2D eigenvalue weighted by Gasteiger charge is 2.21. The average molecular weight is 211 g/mol. The van der Waals surface area contributed by atoms with Gasteiger partial charge in [-0.05, 0) is 25.0 Å². The molecule has 0 heterocycles. The zero-order chi connectivity index (χ0) is 10.8. The Labute approximate surface area is 86.0 Å². The summed E-state index contributed by atoms with van der Waals surface area (Å²) in [5.74, 6) is -1.30. The molecular weight excluding hydrogens is 200 g/mol. The quantitative estimate of drug-likeness (QED) is 0.579. The Morgan fingerprint density at radius 3 is 2.47 bits per heavy atom. The van der Waals surface area contributed by atoms with Gasteiger partial charge < -0.3 is 11.1 Å². The van der Waals surface area contributed by atoms with Gasteiger partial charge in [0.15, 0.2) is 5.96 Å². The molecule has 2 rings (SSSR count). The van der Waals surface area contributed by atoms with Gasteiger partial charge in [-0.1, -0.05) is 6.07 Å². The van der Waals surface area contributed by atoms with E-state index in [0.29, 0.717) is 0 Å². The van der Waals surface area contributed by atoms with Crippen molar-refractivity contribution in [3.8, 4) is 0 Å². The third-order valence-corrected chi connectivity index (χ3v) is 2.08. The van der Waals surface area contributed by atoms with Crippen molar-refractivity contribution in [1.29, 1.82) is 0 Å². The summed E-state index contributed by atoms with van der Waals surface area (Å²) in [6, 6.07) is 3.84. The molecule has 1 fully saturated rings. The number of nitrogens with two attached hydrogens (primary N) is 1. The van der Waals surface area contributed by atoms with Gasteiger partial charge in [-0.15, -0.1) is 0 Å². The van der Waals surface area contributed by atoms with Gasteiger partial charge in [0.05, 0.1) is 6.04 Å². The fourth-order valence-electron chi connectivity index (χ4n) is 1.18. The highest BCUT2D eigenvalue weighted by atomic mass is 19.1. The normalized spacial score (nSPS) is 16.5. The van der Waals surface area contributed by atoms with E-state index in [1.54, 1.807) is 0 Å². The summed E-state index contributed by atoms with van der Waals surface area (Å²) in [5, 5.41) is 2.43. The van der Waals surface area contributed by atoms with Gasteiger partial charge in [-0.25, -0.2) is 13.8 Å². The summed E-state index contributed by atoms with van der Waals surface area (Å²) in [5.41, 5.74) is 5.24. The Hall–Kier alpha value is -1.65. The molecule has 0 amide bonds. The molecule has 1 aliphatic carbocycles. The van der Waals surface area contributed by atoms with E-state index in [9.17, 15) is 8.78 Å². The molecule has 5 heteroatoms. The molecule has 0 aliphatic heterocycles. The van der Waals surface area contributed by atoms with E-state index in [2.05, 4.69) is 10.3 Å². The van der Waals surface area contributed by atoms with E-state index in [1.807, 2.05) is 0 Å². The molecule has 3 N–H and O–H groups in total. The third-order valence-electron chi connectivity index (χ3n) is 2.08. The van der Waals surface area contributed by atoms with Crippen LogP contribution in [0.4, 0.5) is 14.5 Å². The second-order valence-electron chi connectivity index (χ2n) is 3.47. The maximum absolute atomic E-state index is 13.2. The topological polar surface area (TPSA) is 50.4 Å². The number of guanidine groups is 1. The van der Waals surface area contributed by atoms with Crippen LogP contribution in [0.5, 0.6) is 0 Å². The van der Waals surface area contributed by atoms with Gasteiger partial charge in [-0.2, -0.15) is 0 Å². The van der Waals surface area contributed by atoms with Gasteiger partial charge in [0.2, 0.25) is 0 Å². The highest BCUT2D eigenvalue weighted by molar-refractivity contribution is 5.92. The largest absolute Gasteiger partial charge is 0.370 e. The van der Waals surface area contributed by atoms with Crippen molar-refractivity contribution in [2.24, 2.45) is 10.7 Å². The van der Waals surface area contributed by atoms with E-state index < -0.39 is 11.6 Å². The molecule has 0 saturated heterocycles. The molecule has 0 radical (unpaired) electrons. The lowest BCUT2D eigenvalue weighted by atomic mass is 10.3. The Kier molecular flexibility index (Phi) is 2.53. The van der Waals surface area contributed by atoms with E-state index in [1.165, 1.54) is 6.07 Å². The van der Waals surface area contributed by atoms with Crippen LogP contribution in [0, 0.1) is 11.6 Å². The van der Waals surface area contributed by atoms with Crippen LogP contribution in [0.1, 0.15) is 12.8 Å². The van der Waals surface area contributed by atoms with Crippen molar-refractivity contribution in [1.82, 2.24) is 0 Å². The minimum Gasteiger partial charge on any atom is -0.370 e. The minimum atomic E-state index is -0.677. The third kappa shape index (κ3) is 2.43. The van der Waals surface area contributed by atoms with Crippen molar-refractivity contribution < 1.29 is 8.78 Å². The van der Waals surface area contributed by atoms with Gasteiger partial charge in [0, 0.05) is 0 Å². The first kappa shape index (κ1) is 9.89. The predicted molar refractivity (Wildman–Crippen MR) is 54.6 cm³/mol. The number of nitrogens with one attached hydrogen (secondary N) is 1. The van der Waals surface area contributed by atoms with E-state index in [-0.39, 0.29) is 17.7 Å². The number of halogens is 2. The summed E-state index contributed by atoms with van der Waals surface area (Å²) in [6.07, 6.45) is 1.98. The van der Waals surface area contributed by atoms with Crippen molar-refractivity contribution in [3.05, 3.63) is 29.8 Å². The molecule has 0 aromatic heterocycles. The fourth-order valence-corrected chi connectivity index (χ4v) is 1.18. The molecular formula is C10H11F2N3. The molecule has 1 saturated carbocycles. The number of benzene rings is 1. The van der Waals surface area contributed by atoms with Crippen LogP contribution in [-0.2, 0) is 0 Å². The summed E-state index contributed by atoms with van der Waals surface area (Å²) >= 11 is 0. The van der Waals surface area contributed by atoms with Gasteiger partial charge >= 0.3 is 0 Å². The van der Waals surface area contributed by atoms with Crippen molar-refractivity contribution in [3.63, 3.8) is 0 Å². The molecule has 0 bridgehead atoms. The molecule has 80 valence electrons. The lowest BCUT2D eigenvalue weighted by Gasteiger charge is -2.07. The van der Waals surface area contributed by atoms with Gasteiger partial charge in [0.25, 0.3) is 0 Å². The average Bonchev–Trinajstić information content (AvgIpc) is 2.95. The first-order chi connectivity index (χ1) is 7.16. The first-order valence-corrected chi connectivity index (χ1v) is 4.71. The molecule has 1 aromatic rings. The zero-order valence-electron chi connectivity index (χ0n) is 8.00. The van der Waals surface area contributed by atoms with Gasteiger partial charge in [0.1, 0.15) is 17.3 Å². The molecule has 0 unspecified atom stereocenters. The maximum Gasteiger partial charge on any atom is 0.193 e. The van der Waals surface area contributed by atoms with Crippen molar-refractivity contribution in [2.75, 3.05) is 5.32 Å². The molecule has 15 heavy (non-hydrogen) atoms. The van der Waals surface area contributed by atoms with Crippen LogP contribution in [-0.4, -0.2) is 12.0 Å². The maximum atomic E-state index is 13.2. The number of rotatable bonds is 2. The lowest BCUT2D eigenvalue weighted by molar-refractivity contribution is 0.591. The summed E-state index contributed by atoms with van der Waals surface area (Å²) in [6.45, 7) is 0. The first-order valence-electron chi connectivity index (χ1n) is 4.71.